The van der Waals surface area contributed by atoms with Gasteiger partial charge < -0.3 is 24.8 Å². The van der Waals surface area contributed by atoms with Gasteiger partial charge in [0.15, 0.2) is 11.5 Å². The van der Waals surface area contributed by atoms with Gasteiger partial charge >= 0.3 is 12.0 Å². The number of aromatic nitrogens is 3. The maximum absolute atomic E-state index is 12.4. The number of nitrogens with one attached hydrogen (secondary N) is 2. The van der Waals surface area contributed by atoms with E-state index in [0.29, 0.717) is 29.3 Å². The standard InChI is InChI=1S/C29H27N5O5/c1-2-21-5-3-4-6-25(21)31-29(36)30-22-9-11-24(12-10-22)34-18-23(32-33-34)15-16-37-28(35)14-8-20-7-13-26-27(17-20)39-19-38-26/h3-14,17-18H,2,15-16,19H2,1H3,(H2,30,31,36)/b14-8+. The fourth-order valence-corrected chi connectivity index (χ4v) is 3.96. The normalized spacial score (nSPS) is 11.9. The zero-order valence-corrected chi connectivity index (χ0v) is 21.3. The van der Waals surface area contributed by atoms with Gasteiger partial charge in [0.1, 0.15) is 0 Å². The summed E-state index contributed by atoms with van der Waals surface area (Å²) in [6.45, 7) is 2.41. The van der Waals surface area contributed by atoms with Crippen molar-refractivity contribution in [3.05, 3.63) is 95.8 Å². The number of urea groups is 1. The number of amides is 2. The van der Waals surface area contributed by atoms with E-state index in [-0.39, 0.29) is 19.4 Å². The van der Waals surface area contributed by atoms with Gasteiger partial charge in [-0.15, -0.1) is 5.10 Å². The molecular weight excluding hydrogens is 498 g/mol. The Labute approximate surface area is 225 Å². The van der Waals surface area contributed by atoms with E-state index in [0.717, 1.165) is 28.9 Å². The minimum absolute atomic E-state index is 0.169. The molecule has 198 valence electrons. The number of hydrogen-bond acceptors (Lipinski definition) is 7. The molecule has 1 aromatic heterocycles. The third-order valence-electron chi connectivity index (χ3n) is 5.99. The average molecular weight is 526 g/mol. The number of rotatable bonds is 9. The first-order chi connectivity index (χ1) is 19.1. The lowest BCUT2D eigenvalue weighted by Gasteiger charge is -2.11. The molecule has 0 atom stereocenters. The largest absolute Gasteiger partial charge is 0.462 e. The molecule has 10 heteroatoms. The van der Waals surface area contributed by atoms with Crippen molar-refractivity contribution in [2.24, 2.45) is 0 Å². The van der Waals surface area contributed by atoms with Crippen molar-refractivity contribution in [3.8, 4) is 17.2 Å². The monoisotopic (exact) mass is 525 g/mol. The van der Waals surface area contributed by atoms with Crippen molar-refractivity contribution < 1.29 is 23.8 Å². The van der Waals surface area contributed by atoms with E-state index in [9.17, 15) is 9.59 Å². The molecule has 0 unspecified atom stereocenters. The van der Waals surface area contributed by atoms with Crippen LogP contribution in [-0.4, -0.2) is 40.4 Å². The molecule has 1 aliphatic rings. The van der Waals surface area contributed by atoms with Gasteiger partial charge in [-0.2, -0.15) is 0 Å². The van der Waals surface area contributed by atoms with Crippen molar-refractivity contribution in [1.29, 1.82) is 0 Å². The van der Waals surface area contributed by atoms with Crippen molar-refractivity contribution in [2.45, 2.75) is 19.8 Å². The Morgan fingerprint density at radius 2 is 1.85 bits per heavy atom. The molecule has 4 aromatic rings. The quantitative estimate of drug-likeness (QED) is 0.233. The Morgan fingerprint density at radius 3 is 2.69 bits per heavy atom. The van der Waals surface area contributed by atoms with Crippen molar-refractivity contribution in [1.82, 2.24) is 15.0 Å². The van der Waals surface area contributed by atoms with Crippen LogP contribution in [0.1, 0.15) is 23.7 Å². The second-order valence-electron chi connectivity index (χ2n) is 8.65. The van der Waals surface area contributed by atoms with Gasteiger partial charge in [-0.25, -0.2) is 14.3 Å². The van der Waals surface area contributed by atoms with Crippen molar-refractivity contribution >= 4 is 29.5 Å². The van der Waals surface area contributed by atoms with E-state index in [1.807, 2.05) is 49.4 Å². The highest BCUT2D eigenvalue weighted by atomic mass is 16.7. The zero-order chi connectivity index (χ0) is 27.0. The Morgan fingerprint density at radius 1 is 1.03 bits per heavy atom. The third-order valence-corrected chi connectivity index (χ3v) is 5.99. The maximum Gasteiger partial charge on any atom is 0.330 e. The van der Waals surface area contributed by atoms with Gasteiger partial charge in [0.05, 0.1) is 24.2 Å². The minimum atomic E-state index is -0.453. The van der Waals surface area contributed by atoms with Gasteiger partial charge in [-0.05, 0) is 66.1 Å². The van der Waals surface area contributed by atoms with Gasteiger partial charge in [0.25, 0.3) is 0 Å². The molecule has 0 fully saturated rings. The highest BCUT2D eigenvalue weighted by Gasteiger charge is 2.12. The van der Waals surface area contributed by atoms with Gasteiger partial charge in [-0.1, -0.05) is 36.4 Å². The zero-order valence-electron chi connectivity index (χ0n) is 21.3. The molecule has 3 aromatic carbocycles. The number of carbonyl (C=O) groups excluding carboxylic acids is 2. The van der Waals surface area contributed by atoms with Crippen LogP contribution >= 0.6 is 0 Å². The summed E-state index contributed by atoms with van der Waals surface area (Å²) in [5.41, 5.74) is 4.76. The van der Waals surface area contributed by atoms with E-state index in [4.69, 9.17) is 14.2 Å². The Hall–Kier alpha value is -5.12. The summed E-state index contributed by atoms with van der Waals surface area (Å²) in [5, 5.41) is 14.0. The number of esters is 1. The third kappa shape index (κ3) is 6.61. The van der Waals surface area contributed by atoms with E-state index in [1.165, 1.54) is 6.08 Å². The molecule has 0 saturated heterocycles. The van der Waals surface area contributed by atoms with Crippen LogP contribution in [-0.2, 0) is 22.4 Å². The maximum atomic E-state index is 12.4. The minimum Gasteiger partial charge on any atom is -0.462 e. The fourth-order valence-electron chi connectivity index (χ4n) is 3.96. The molecule has 0 spiro atoms. The molecule has 2 heterocycles. The first-order valence-electron chi connectivity index (χ1n) is 12.5. The summed E-state index contributed by atoms with van der Waals surface area (Å²) in [6, 6.07) is 20.1. The molecule has 2 N–H and O–H groups in total. The lowest BCUT2D eigenvalue weighted by molar-refractivity contribution is -0.137. The van der Waals surface area contributed by atoms with Crippen LogP contribution in [0.15, 0.2) is 79.0 Å². The number of nitrogens with zero attached hydrogens (tertiary/aromatic N) is 3. The topological polar surface area (TPSA) is 117 Å². The molecule has 2 amide bonds. The molecule has 0 saturated carbocycles. The van der Waals surface area contributed by atoms with Crippen molar-refractivity contribution in [2.75, 3.05) is 24.0 Å². The highest BCUT2D eigenvalue weighted by Crippen LogP contribution is 2.32. The van der Waals surface area contributed by atoms with Gasteiger partial charge in [0.2, 0.25) is 6.79 Å². The van der Waals surface area contributed by atoms with E-state index in [1.54, 1.807) is 41.2 Å². The number of aryl methyl sites for hydroxylation is 1. The Kier molecular flexibility index (Phi) is 7.82. The summed E-state index contributed by atoms with van der Waals surface area (Å²) < 4.78 is 17.5. The summed E-state index contributed by atoms with van der Waals surface area (Å²) in [4.78, 5) is 24.5. The van der Waals surface area contributed by atoms with E-state index >= 15 is 0 Å². The first-order valence-corrected chi connectivity index (χ1v) is 12.5. The number of para-hydroxylation sites is 1. The predicted molar refractivity (Wildman–Crippen MR) is 146 cm³/mol. The van der Waals surface area contributed by atoms with Crippen LogP contribution in [0.3, 0.4) is 0 Å². The molecule has 5 rings (SSSR count). The van der Waals surface area contributed by atoms with Crippen LogP contribution in [0.25, 0.3) is 11.8 Å². The van der Waals surface area contributed by atoms with Gasteiger partial charge in [0, 0.05) is 23.9 Å². The molecular formula is C29H27N5O5. The number of hydrogen-bond donors (Lipinski definition) is 2. The van der Waals surface area contributed by atoms with Crippen LogP contribution in [0.5, 0.6) is 11.5 Å². The van der Waals surface area contributed by atoms with E-state index < -0.39 is 5.97 Å². The molecule has 39 heavy (non-hydrogen) atoms. The Balaban J connectivity index is 1.08. The van der Waals surface area contributed by atoms with E-state index in [2.05, 4.69) is 20.9 Å². The second-order valence-corrected chi connectivity index (χ2v) is 8.65. The number of ether oxygens (including phenoxy) is 3. The summed E-state index contributed by atoms with van der Waals surface area (Å²) >= 11 is 0. The number of carbonyl (C=O) groups is 2. The fraction of sp³-hybridized carbons (Fsp3) is 0.172. The van der Waals surface area contributed by atoms with Crippen LogP contribution in [0, 0.1) is 0 Å². The summed E-state index contributed by atoms with van der Waals surface area (Å²) in [6.07, 6.45) is 6.04. The van der Waals surface area contributed by atoms with Crippen LogP contribution < -0.4 is 20.1 Å². The second kappa shape index (κ2) is 12.0. The average Bonchev–Trinajstić information content (AvgIpc) is 3.62. The summed E-state index contributed by atoms with van der Waals surface area (Å²) in [7, 11) is 0. The first kappa shape index (κ1) is 25.5. The van der Waals surface area contributed by atoms with Crippen LogP contribution in [0.2, 0.25) is 0 Å². The molecule has 0 aliphatic carbocycles. The number of fused-ring (bicyclic) bond motifs is 1. The SMILES string of the molecule is CCc1ccccc1NC(=O)Nc1ccc(-n2cc(CCOC(=O)/C=C/c3ccc4c(c3)OCO4)nn2)cc1. The van der Waals surface area contributed by atoms with Crippen LogP contribution in [0.4, 0.5) is 16.2 Å². The molecule has 0 bridgehead atoms. The Bertz CT molecular complexity index is 1500. The van der Waals surface area contributed by atoms with Crippen molar-refractivity contribution in [3.63, 3.8) is 0 Å². The molecule has 0 radical (unpaired) electrons. The number of benzene rings is 3. The highest BCUT2D eigenvalue weighted by molar-refractivity contribution is 6.00. The lowest BCUT2D eigenvalue weighted by atomic mass is 10.1. The smallest absolute Gasteiger partial charge is 0.330 e. The predicted octanol–water partition coefficient (Wildman–Crippen LogP) is 5.00. The van der Waals surface area contributed by atoms with Gasteiger partial charge in [-0.3, -0.25) is 0 Å². The summed E-state index contributed by atoms with van der Waals surface area (Å²) in [5.74, 6) is 0.885. The number of anilines is 2. The molecule has 1 aliphatic heterocycles. The molecule has 10 nitrogen and oxygen atoms in total. The lowest BCUT2D eigenvalue weighted by Crippen LogP contribution is -2.20.